The van der Waals surface area contributed by atoms with E-state index in [-0.39, 0.29) is 27.3 Å². The van der Waals surface area contributed by atoms with Crippen LogP contribution >= 0.6 is 11.6 Å². The molecule has 1 heterocycles. The van der Waals surface area contributed by atoms with Gasteiger partial charge in [-0.05, 0) is 48.7 Å². The third-order valence-electron chi connectivity index (χ3n) is 5.69. The molecule has 0 saturated heterocycles. The van der Waals surface area contributed by atoms with Crippen LogP contribution in [0.4, 0.5) is 18.9 Å². The van der Waals surface area contributed by atoms with Crippen molar-refractivity contribution in [1.82, 2.24) is 0 Å². The van der Waals surface area contributed by atoms with Crippen molar-refractivity contribution >= 4 is 34.2 Å². The molecule has 9 heteroatoms. The smallest absolute Gasteiger partial charge is 0.450 e. The number of halogens is 4. The Kier molecular flexibility index (Phi) is 7.88. The van der Waals surface area contributed by atoms with E-state index in [1.54, 1.807) is 18.2 Å². The van der Waals surface area contributed by atoms with Crippen molar-refractivity contribution in [2.24, 2.45) is 0 Å². The highest BCUT2D eigenvalue weighted by Crippen LogP contribution is 2.39. The van der Waals surface area contributed by atoms with E-state index < -0.39 is 35.4 Å². The predicted molar refractivity (Wildman–Crippen MR) is 137 cm³/mol. The number of carbonyl (C=O) groups is 1. The monoisotopic (exact) mass is 529 g/mol. The molecule has 0 unspecified atom stereocenters. The number of alkyl halides is 3. The molecule has 4 aromatic rings. The molecule has 0 fully saturated rings. The molecule has 0 atom stereocenters. The van der Waals surface area contributed by atoms with Crippen molar-refractivity contribution in [3.05, 3.63) is 93.3 Å². The van der Waals surface area contributed by atoms with Gasteiger partial charge in [-0.2, -0.15) is 13.2 Å². The summed E-state index contributed by atoms with van der Waals surface area (Å²) >= 11 is 6.08. The van der Waals surface area contributed by atoms with Crippen molar-refractivity contribution in [3.8, 4) is 16.9 Å². The lowest BCUT2D eigenvalue weighted by molar-refractivity contribution is -0.152. The number of unbranched alkanes of at least 4 members (excludes halogenated alkanes) is 1. The summed E-state index contributed by atoms with van der Waals surface area (Å²) in [5, 5.41) is 2.61. The minimum atomic E-state index is -4.95. The Labute approximate surface area is 215 Å². The first kappa shape index (κ1) is 26.3. The molecule has 0 bridgehead atoms. The molecule has 0 aliphatic rings. The third-order valence-corrected chi connectivity index (χ3v) is 6.02. The zero-order valence-corrected chi connectivity index (χ0v) is 20.6. The zero-order valence-electron chi connectivity index (χ0n) is 19.8. The SMILES string of the molecule is CCCCc1ccc(NC(=O)COc2ccc3c(=O)c(-c4ccccc4Cl)c(C(F)(F)F)oc3c2)cc1. The molecule has 0 radical (unpaired) electrons. The third kappa shape index (κ3) is 6.14. The topological polar surface area (TPSA) is 68.5 Å². The van der Waals surface area contributed by atoms with E-state index in [0.717, 1.165) is 25.3 Å². The van der Waals surface area contributed by atoms with E-state index in [9.17, 15) is 22.8 Å². The molecule has 192 valence electrons. The van der Waals surface area contributed by atoms with Crippen LogP contribution in [-0.4, -0.2) is 12.5 Å². The summed E-state index contributed by atoms with van der Waals surface area (Å²) in [6.45, 7) is 1.72. The highest BCUT2D eigenvalue weighted by Gasteiger charge is 2.39. The van der Waals surface area contributed by atoms with E-state index in [1.807, 2.05) is 12.1 Å². The van der Waals surface area contributed by atoms with Gasteiger partial charge in [0.05, 0.1) is 10.9 Å². The number of carbonyl (C=O) groups excluding carboxylic acids is 1. The molecule has 37 heavy (non-hydrogen) atoms. The standard InChI is InChI=1S/C28H23ClF3NO4/c1-2-3-6-17-9-11-18(12-10-17)33-24(34)16-36-19-13-14-21-23(15-19)37-27(28(30,31)32)25(26(21)35)20-7-4-5-8-22(20)29/h4-5,7-15H,2-3,6,16H2,1H3,(H,33,34). The molecule has 4 rings (SSSR count). The fraction of sp³-hybridized carbons (Fsp3) is 0.214. The Morgan fingerprint density at radius 3 is 2.46 bits per heavy atom. The van der Waals surface area contributed by atoms with Gasteiger partial charge in [-0.15, -0.1) is 0 Å². The zero-order chi connectivity index (χ0) is 26.6. The molecule has 1 amide bonds. The highest BCUT2D eigenvalue weighted by atomic mass is 35.5. The lowest BCUT2D eigenvalue weighted by Crippen LogP contribution is -2.20. The number of benzene rings is 3. The molecule has 0 saturated carbocycles. The summed E-state index contributed by atoms with van der Waals surface area (Å²) in [5.41, 5.74) is -0.186. The largest absolute Gasteiger partial charge is 0.484 e. The second-order valence-electron chi connectivity index (χ2n) is 8.41. The second kappa shape index (κ2) is 11.1. The second-order valence-corrected chi connectivity index (χ2v) is 8.82. The van der Waals surface area contributed by atoms with E-state index in [1.165, 1.54) is 35.9 Å². The van der Waals surface area contributed by atoms with Crippen LogP contribution in [0.25, 0.3) is 22.1 Å². The van der Waals surface area contributed by atoms with Crippen molar-refractivity contribution in [1.29, 1.82) is 0 Å². The number of hydrogen-bond acceptors (Lipinski definition) is 4. The average Bonchev–Trinajstić information content (AvgIpc) is 2.87. The molecule has 0 aliphatic heterocycles. The molecule has 0 aliphatic carbocycles. The summed E-state index contributed by atoms with van der Waals surface area (Å²) in [7, 11) is 0. The molecule has 1 aromatic heterocycles. The Bertz CT molecular complexity index is 1480. The number of amides is 1. The van der Waals surface area contributed by atoms with Crippen LogP contribution in [0.1, 0.15) is 31.1 Å². The van der Waals surface area contributed by atoms with Gasteiger partial charge >= 0.3 is 6.18 Å². The number of nitrogens with one attached hydrogen (secondary N) is 1. The maximum Gasteiger partial charge on any atom is 0.450 e. The number of fused-ring (bicyclic) bond motifs is 1. The number of ether oxygens (including phenoxy) is 1. The van der Waals surface area contributed by atoms with Crippen LogP contribution in [0.3, 0.4) is 0 Å². The van der Waals surface area contributed by atoms with E-state index in [2.05, 4.69) is 12.2 Å². The Balaban J connectivity index is 1.55. The van der Waals surface area contributed by atoms with Crippen LogP contribution in [-0.2, 0) is 17.4 Å². The van der Waals surface area contributed by atoms with Gasteiger partial charge in [-0.3, -0.25) is 9.59 Å². The first-order chi connectivity index (χ1) is 17.7. The van der Waals surface area contributed by atoms with Crippen LogP contribution in [0, 0.1) is 0 Å². The molecule has 3 aromatic carbocycles. The van der Waals surface area contributed by atoms with Crippen LogP contribution < -0.4 is 15.5 Å². The van der Waals surface area contributed by atoms with Crippen molar-refractivity contribution in [2.45, 2.75) is 32.4 Å². The van der Waals surface area contributed by atoms with Crippen LogP contribution in [0.2, 0.25) is 5.02 Å². The Hall–Kier alpha value is -3.78. The van der Waals surface area contributed by atoms with Gasteiger partial charge in [-0.1, -0.05) is 55.3 Å². The highest BCUT2D eigenvalue weighted by molar-refractivity contribution is 6.33. The van der Waals surface area contributed by atoms with Gasteiger partial charge in [0.1, 0.15) is 11.3 Å². The van der Waals surface area contributed by atoms with Gasteiger partial charge in [0.15, 0.2) is 6.61 Å². The number of hydrogen-bond donors (Lipinski definition) is 1. The summed E-state index contributed by atoms with van der Waals surface area (Å²) in [6, 6.07) is 17.0. The number of rotatable bonds is 8. The number of anilines is 1. The summed E-state index contributed by atoms with van der Waals surface area (Å²) in [4.78, 5) is 25.4. The number of aryl methyl sites for hydroxylation is 1. The Morgan fingerprint density at radius 2 is 1.78 bits per heavy atom. The normalized spacial score (nSPS) is 11.5. The van der Waals surface area contributed by atoms with Crippen molar-refractivity contribution in [3.63, 3.8) is 0 Å². The van der Waals surface area contributed by atoms with Gasteiger partial charge in [0.25, 0.3) is 5.91 Å². The lowest BCUT2D eigenvalue weighted by atomic mass is 10.0. The van der Waals surface area contributed by atoms with E-state index >= 15 is 0 Å². The van der Waals surface area contributed by atoms with Crippen LogP contribution in [0.15, 0.2) is 75.9 Å². The van der Waals surface area contributed by atoms with Gasteiger partial charge in [0, 0.05) is 22.3 Å². The van der Waals surface area contributed by atoms with Crippen molar-refractivity contribution in [2.75, 3.05) is 11.9 Å². The first-order valence-electron chi connectivity index (χ1n) is 11.6. The van der Waals surface area contributed by atoms with E-state index in [4.69, 9.17) is 20.8 Å². The van der Waals surface area contributed by atoms with Gasteiger partial charge < -0.3 is 14.5 Å². The molecular formula is C28H23ClF3NO4. The maximum absolute atomic E-state index is 13.9. The fourth-order valence-electron chi connectivity index (χ4n) is 3.85. The van der Waals surface area contributed by atoms with Crippen molar-refractivity contribution < 1.29 is 27.1 Å². The Morgan fingerprint density at radius 1 is 1.05 bits per heavy atom. The fourth-order valence-corrected chi connectivity index (χ4v) is 4.08. The first-order valence-corrected chi connectivity index (χ1v) is 12.0. The average molecular weight is 530 g/mol. The molecular weight excluding hydrogens is 507 g/mol. The quantitative estimate of drug-likeness (QED) is 0.257. The minimum Gasteiger partial charge on any atom is -0.484 e. The summed E-state index contributed by atoms with van der Waals surface area (Å²) in [5.74, 6) is -1.84. The minimum absolute atomic E-state index is 0.0128. The van der Waals surface area contributed by atoms with Crippen LogP contribution in [0.5, 0.6) is 5.75 Å². The molecule has 0 spiro atoms. The maximum atomic E-state index is 13.9. The van der Waals surface area contributed by atoms with Gasteiger partial charge in [-0.25, -0.2) is 0 Å². The summed E-state index contributed by atoms with van der Waals surface area (Å²) < 4.78 is 52.2. The summed E-state index contributed by atoms with van der Waals surface area (Å²) in [6.07, 6.45) is -1.82. The van der Waals surface area contributed by atoms with E-state index in [0.29, 0.717) is 5.69 Å². The molecule has 1 N–H and O–H groups in total. The lowest BCUT2D eigenvalue weighted by Gasteiger charge is -2.14. The van der Waals surface area contributed by atoms with Gasteiger partial charge in [0.2, 0.25) is 11.2 Å². The molecule has 5 nitrogen and oxygen atoms in total. The predicted octanol–water partition coefficient (Wildman–Crippen LogP) is 7.49.